The van der Waals surface area contributed by atoms with E-state index in [2.05, 4.69) is 20.3 Å². The fourth-order valence-electron chi connectivity index (χ4n) is 4.23. The quantitative estimate of drug-likeness (QED) is 0.460. The van der Waals surface area contributed by atoms with E-state index in [0.29, 0.717) is 35.3 Å². The van der Waals surface area contributed by atoms with Crippen LogP contribution in [0.1, 0.15) is 46.2 Å². The molecular weight excluding hydrogens is 420 g/mol. The number of likely N-dealkylation sites (tertiary alicyclic amines) is 1. The van der Waals surface area contributed by atoms with Crippen LogP contribution in [-0.2, 0) is 0 Å². The van der Waals surface area contributed by atoms with E-state index < -0.39 is 0 Å². The van der Waals surface area contributed by atoms with E-state index in [-0.39, 0.29) is 11.9 Å². The van der Waals surface area contributed by atoms with Gasteiger partial charge in [0.15, 0.2) is 5.82 Å². The molecule has 2 aromatic heterocycles. The van der Waals surface area contributed by atoms with Crippen molar-refractivity contribution < 1.29 is 14.1 Å². The molecule has 4 aromatic rings. The summed E-state index contributed by atoms with van der Waals surface area (Å²) in [5, 5.41) is 12.7. The van der Waals surface area contributed by atoms with Gasteiger partial charge in [0.2, 0.25) is 0 Å². The van der Waals surface area contributed by atoms with Gasteiger partial charge in [-0.1, -0.05) is 22.9 Å². The highest BCUT2D eigenvalue weighted by atomic mass is 16.5. The summed E-state index contributed by atoms with van der Waals surface area (Å²) in [5.41, 5.74) is 3.99. The molecule has 0 saturated carbocycles. The largest absolute Gasteiger partial charge is 0.496 e. The highest BCUT2D eigenvalue weighted by Gasteiger charge is 2.35. The fourth-order valence-corrected chi connectivity index (χ4v) is 4.23. The molecule has 0 radical (unpaired) electrons. The van der Waals surface area contributed by atoms with E-state index in [1.807, 2.05) is 50.2 Å². The highest BCUT2D eigenvalue weighted by Crippen LogP contribution is 2.35. The Labute approximate surface area is 191 Å². The first kappa shape index (κ1) is 20.9. The lowest BCUT2D eigenvalue weighted by Gasteiger charge is -2.23. The number of carbonyl (C=O) groups excluding carboxylic acids is 1. The zero-order chi connectivity index (χ0) is 22.9. The fraction of sp³-hybridized carbons (Fsp3) is 0.292. The van der Waals surface area contributed by atoms with Crippen molar-refractivity contribution in [1.82, 2.24) is 30.0 Å². The van der Waals surface area contributed by atoms with Crippen LogP contribution >= 0.6 is 0 Å². The monoisotopic (exact) mass is 444 g/mol. The number of hydrogen-bond donors (Lipinski definition) is 0. The molecule has 168 valence electrons. The summed E-state index contributed by atoms with van der Waals surface area (Å²) in [4.78, 5) is 21.6. The van der Waals surface area contributed by atoms with E-state index in [4.69, 9.17) is 9.26 Å². The number of benzene rings is 2. The summed E-state index contributed by atoms with van der Waals surface area (Å²) in [6.45, 7) is 4.58. The molecule has 1 amide bonds. The van der Waals surface area contributed by atoms with E-state index in [1.165, 1.54) is 4.80 Å². The van der Waals surface area contributed by atoms with Gasteiger partial charge in [0.1, 0.15) is 5.75 Å². The van der Waals surface area contributed by atoms with Crippen molar-refractivity contribution in [2.45, 2.75) is 32.7 Å². The molecule has 33 heavy (non-hydrogen) atoms. The van der Waals surface area contributed by atoms with Gasteiger partial charge in [-0.25, -0.2) is 0 Å². The molecule has 1 aliphatic rings. The van der Waals surface area contributed by atoms with Crippen LogP contribution in [0.4, 0.5) is 0 Å². The van der Waals surface area contributed by atoms with Crippen LogP contribution in [0.5, 0.6) is 5.75 Å². The third-order valence-corrected chi connectivity index (χ3v) is 5.86. The molecule has 5 rings (SSSR count). The minimum atomic E-state index is -0.273. The summed E-state index contributed by atoms with van der Waals surface area (Å²) in [6.07, 6.45) is 4.80. The standard InChI is InChI=1S/C24H24N6O3/c1-15-7-9-21(32-3)18(13-15)23-27-22(28-33-23)19-5-4-12-29(19)24(31)17-8-6-16(2)14-20(17)30-25-10-11-26-30/h6-11,13-14,19H,4-5,12H2,1-3H3/t19-/m0/s1. The number of amides is 1. The minimum absolute atomic E-state index is 0.107. The summed E-state index contributed by atoms with van der Waals surface area (Å²) < 4.78 is 11.0. The molecule has 1 atom stereocenters. The first-order chi connectivity index (χ1) is 16.0. The van der Waals surface area contributed by atoms with Gasteiger partial charge in [-0.3, -0.25) is 4.79 Å². The number of nitrogens with zero attached hydrogens (tertiary/aromatic N) is 6. The minimum Gasteiger partial charge on any atom is -0.496 e. The van der Waals surface area contributed by atoms with Crippen molar-refractivity contribution in [3.63, 3.8) is 0 Å². The maximum absolute atomic E-state index is 13.6. The lowest BCUT2D eigenvalue weighted by molar-refractivity contribution is 0.0728. The van der Waals surface area contributed by atoms with Crippen molar-refractivity contribution >= 4 is 5.91 Å². The van der Waals surface area contributed by atoms with Crippen molar-refractivity contribution in [3.8, 4) is 22.9 Å². The first-order valence-corrected chi connectivity index (χ1v) is 10.8. The normalized spacial score (nSPS) is 15.7. The third kappa shape index (κ3) is 3.86. The SMILES string of the molecule is COc1ccc(C)cc1-c1nc([C@@H]2CCCN2C(=O)c2ccc(C)cc2-n2nccn2)no1. The van der Waals surface area contributed by atoms with Crippen molar-refractivity contribution in [3.05, 3.63) is 71.3 Å². The number of methoxy groups -OCH3 is 1. The van der Waals surface area contributed by atoms with Gasteiger partial charge in [-0.2, -0.15) is 20.0 Å². The molecule has 0 N–H and O–H groups in total. The number of hydrogen-bond acceptors (Lipinski definition) is 7. The first-order valence-electron chi connectivity index (χ1n) is 10.8. The Morgan fingerprint density at radius 3 is 2.64 bits per heavy atom. The number of aromatic nitrogens is 5. The van der Waals surface area contributed by atoms with Crippen LogP contribution in [0.3, 0.4) is 0 Å². The van der Waals surface area contributed by atoms with E-state index in [0.717, 1.165) is 29.5 Å². The molecule has 1 aliphatic heterocycles. The van der Waals surface area contributed by atoms with E-state index in [1.54, 1.807) is 24.4 Å². The molecule has 0 spiro atoms. The van der Waals surface area contributed by atoms with Crippen LogP contribution in [0.2, 0.25) is 0 Å². The molecule has 0 aliphatic carbocycles. The molecule has 3 heterocycles. The number of ether oxygens (including phenoxy) is 1. The Bertz CT molecular complexity index is 1300. The molecule has 1 fully saturated rings. The molecule has 9 heteroatoms. The number of carbonyl (C=O) groups is 1. The third-order valence-electron chi connectivity index (χ3n) is 5.86. The Morgan fingerprint density at radius 1 is 1.09 bits per heavy atom. The van der Waals surface area contributed by atoms with Crippen molar-refractivity contribution in [1.29, 1.82) is 0 Å². The summed E-state index contributed by atoms with van der Waals surface area (Å²) in [5.74, 6) is 1.42. The van der Waals surface area contributed by atoms with Crippen molar-refractivity contribution in [2.24, 2.45) is 0 Å². The molecule has 0 unspecified atom stereocenters. The van der Waals surface area contributed by atoms with Crippen LogP contribution in [-0.4, -0.2) is 49.6 Å². The molecular formula is C24H24N6O3. The van der Waals surface area contributed by atoms with Gasteiger partial charge < -0.3 is 14.2 Å². The van der Waals surface area contributed by atoms with Gasteiger partial charge >= 0.3 is 0 Å². The van der Waals surface area contributed by atoms with Crippen LogP contribution in [0.15, 0.2) is 53.3 Å². The van der Waals surface area contributed by atoms with E-state index in [9.17, 15) is 4.79 Å². The molecule has 0 bridgehead atoms. The summed E-state index contributed by atoms with van der Waals surface area (Å²) in [7, 11) is 1.61. The average Bonchev–Trinajstić information content (AvgIpc) is 3.60. The number of rotatable bonds is 5. The van der Waals surface area contributed by atoms with Gasteiger partial charge in [0, 0.05) is 6.54 Å². The summed E-state index contributed by atoms with van der Waals surface area (Å²) >= 11 is 0. The molecule has 1 saturated heterocycles. The smallest absolute Gasteiger partial charge is 0.261 e. The van der Waals surface area contributed by atoms with Gasteiger partial charge in [-0.05, 0) is 56.5 Å². The predicted octanol–water partition coefficient (Wildman–Crippen LogP) is 3.92. The van der Waals surface area contributed by atoms with Gasteiger partial charge in [-0.15, -0.1) is 0 Å². The highest BCUT2D eigenvalue weighted by molar-refractivity contribution is 5.98. The average molecular weight is 444 g/mol. The second-order valence-corrected chi connectivity index (χ2v) is 8.16. The van der Waals surface area contributed by atoms with E-state index >= 15 is 0 Å². The summed E-state index contributed by atoms with van der Waals surface area (Å²) in [6, 6.07) is 11.2. The van der Waals surface area contributed by atoms with Gasteiger partial charge in [0.25, 0.3) is 11.8 Å². The predicted molar refractivity (Wildman–Crippen MR) is 120 cm³/mol. The Balaban J connectivity index is 1.47. The Kier molecular flexibility index (Phi) is 5.37. The Morgan fingerprint density at radius 2 is 1.85 bits per heavy atom. The lowest BCUT2D eigenvalue weighted by atomic mass is 10.1. The van der Waals surface area contributed by atoms with Crippen LogP contribution < -0.4 is 4.74 Å². The zero-order valence-corrected chi connectivity index (χ0v) is 18.7. The van der Waals surface area contributed by atoms with Crippen molar-refractivity contribution in [2.75, 3.05) is 13.7 Å². The number of aryl methyl sites for hydroxylation is 2. The van der Waals surface area contributed by atoms with Crippen LogP contribution in [0.25, 0.3) is 17.1 Å². The second kappa shape index (κ2) is 8.50. The van der Waals surface area contributed by atoms with Crippen LogP contribution in [0, 0.1) is 13.8 Å². The Hall–Kier alpha value is -4.01. The maximum Gasteiger partial charge on any atom is 0.261 e. The molecule has 2 aromatic carbocycles. The van der Waals surface area contributed by atoms with Gasteiger partial charge in [0.05, 0.1) is 42.4 Å². The second-order valence-electron chi connectivity index (χ2n) is 8.16. The maximum atomic E-state index is 13.6. The topological polar surface area (TPSA) is 99.2 Å². The molecule has 9 nitrogen and oxygen atoms in total. The zero-order valence-electron chi connectivity index (χ0n) is 18.7. The lowest BCUT2D eigenvalue weighted by Crippen LogP contribution is -2.32.